The van der Waals surface area contributed by atoms with Crippen LogP contribution in [0.25, 0.3) is 22.3 Å². The quantitative estimate of drug-likeness (QED) is 0.342. The molecule has 0 bridgehead atoms. The van der Waals surface area contributed by atoms with Crippen LogP contribution in [-0.2, 0) is 5.41 Å². The molecule has 0 saturated carbocycles. The van der Waals surface area contributed by atoms with Crippen molar-refractivity contribution in [2.24, 2.45) is 0 Å². The molecule has 0 heterocycles. The molecule has 0 saturated heterocycles. The van der Waals surface area contributed by atoms with Crippen LogP contribution in [-0.4, -0.2) is 0 Å². The summed E-state index contributed by atoms with van der Waals surface area (Å²) >= 11 is 0. The van der Waals surface area contributed by atoms with Crippen LogP contribution in [0.1, 0.15) is 33.4 Å². The monoisotopic (exact) mass is 366 g/mol. The zero-order valence-corrected chi connectivity index (χ0v) is 15.5. The Morgan fingerprint density at radius 1 is 0.483 bits per heavy atom. The molecule has 0 radical (unpaired) electrons. The van der Waals surface area contributed by atoms with E-state index in [0.717, 1.165) is 22.3 Å². The smallest absolute Gasteiger partial charge is 0.0991 e. The Bertz CT molecular complexity index is 1320. The molecule has 6 rings (SSSR count). The molecule has 4 aromatic carbocycles. The SMILES string of the molecule is N#Cc1ccc2c(c1)C1(c3ccccc3-2)c2ccccc2-c2ccc(C#N)cc21. The van der Waals surface area contributed by atoms with E-state index in [1.54, 1.807) is 0 Å². The summed E-state index contributed by atoms with van der Waals surface area (Å²) in [6.07, 6.45) is 0. The predicted octanol–water partition coefficient (Wildman–Crippen LogP) is 5.77. The van der Waals surface area contributed by atoms with Crippen LogP contribution in [0.2, 0.25) is 0 Å². The van der Waals surface area contributed by atoms with Crippen molar-refractivity contribution in [1.29, 1.82) is 10.5 Å². The number of fused-ring (bicyclic) bond motifs is 10. The zero-order valence-electron chi connectivity index (χ0n) is 15.5. The van der Waals surface area contributed by atoms with Crippen LogP contribution in [0.3, 0.4) is 0 Å². The van der Waals surface area contributed by atoms with Gasteiger partial charge in [-0.1, -0.05) is 60.7 Å². The first-order valence-electron chi connectivity index (χ1n) is 9.58. The van der Waals surface area contributed by atoms with E-state index in [1.165, 1.54) is 22.3 Å². The highest BCUT2D eigenvalue weighted by molar-refractivity contribution is 5.95. The lowest BCUT2D eigenvalue weighted by Crippen LogP contribution is -2.26. The third-order valence-corrected chi connectivity index (χ3v) is 6.35. The Kier molecular flexibility index (Phi) is 2.98. The maximum absolute atomic E-state index is 9.60. The molecular weight excluding hydrogens is 352 g/mol. The van der Waals surface area contributed by atoms with E-state index in [0.29, 0.717) is 11.1 Å². The van der Waals surface area contributed by atoms with Crippen LogP contribution < -0.4 is 0 Å². The van der Waals surface area contributed by atoms with Crippen molar-refractivity contribution in [2.45, 2.75) is 5.41 Å². The molecule has 2 heteroatoms. The van der Waals surface area contributed by atoms with E-state index in [2.05, 4.69) is 72.8 Å². The second kappa shape index (κ2) is 5.44. The molecule has 0 unspecified atom stereocenters. The summed E-state index contributed by atoms with van der Waals surface area (Å²) in [7, 11) is 0. The molecule has 132 valence electrons. The minimum atomic E-state index is -0.502. The summed E-state index contributed by atoms with van der Waals surface area (Å²) in [6.45, 7) is 0. The molecule has 0 aliphatic heterocycles. The summed E-state index contributed by atoms with van der Waals surface area (Å²) in [4.78, 5) is 0. The van der Waals surface area contributed by atoms with Crippen molar-refractivity contribution in [3.8, 4) is 34.4 Å². The predicted molar refractivity (Wildman–Crippen MR) is 112 cm³/mol. The van der Waals surface area contributed by atoms with E-state index < -0.39 is 5.41 Å². The molecular formula is C27H14N2. The lowest BCUT2D eigenvalue weighted by atomic mass is 9.70. The third-order valence-electron chi connectivity index (χ3n) is 6.35. The molecule has 1 spiro atoms. The second-order valence-corrected chi connectivity index (χ2v) is 7.59. The van der Waals surface area contributed by atoms with Gasteiger partial charge in [0, 0.05) is 0 Å². The van der Waals surface area contributed by atoms with Crippen molar-refractivity contribution in [2.75, 3.05) is 0 Å². The number of hydrogen-bond acceptors (Lipinski definition) is 2. The van der Waals surface area contributed by atoms with Gasteiger partial charge >= 0.3 is 0 Å². The maximum Gasteiger partial charge on any atom is 0.0991 e. The lowest BCUT2D eigenvalue weighted by molar-refractivity contribution is 0.793. The van der Waals surface area contributed by atoms with Gasteiger partial charge in [-0.15, -0.1) is 0 Å². The van der Waals surface area contributed by atoms with Crippen molar-refractivity contribution >= 4 is 0 Å². The van der Waals surface area contributed by atoms with E-state index in [-0.39, 0.29) is 0 Å². The molecule has 0 atom stereocenters. The van der Waals surface area contributed by atoms with E-state index in [1.807, 2.05) is 24.3 Å². The van der Waals surface area contributed by atoms with Crippen LogP contribution in [0.5, 0.6) is 0 Å². The standard InChI is InChI=1S/C27H14N2/c28-15-17-9-11-21-19-5-1-3-7-23(19)27(25(21)13-17)24-8-4-2-6-20(24)22-12-10-18(16-29)14-26(22)27/h1-14H. The van der Waals surface area contributed by atoms with Gasteiger partial charge in [0.2, 0.25) is 0 Å². The molecule has 2 aliphatic rings. The van der Waals surface area contributed by atoms with Gasteiger partial charge in [-0.2, -0.15) is 10.5 Å². The Balaban J connectivity index is 1.86. The van der Waals surface area contributed by atoms with Gasteiger partial charge in [0.05, 0.1) is 28.7 Å². The van der Waals surface area contributed by atoms with E-state index >= 15 is 0 Å². The highest BCUT2D eigenvalue weighted by Gasteiger charge is 2.51. The van der Waals surface area contributed by atoms with Gasteiger partial charge in [-0.3, -0.25) is 0 Å². The van der Waals surface area contributed by atoms with Gasteiger partial charge in [-0.25, -0.2) is 0 Å². The summed E-state index contributed by atoms with van der Waals surface area (Å²) in [5.74, 6) is 0. The molecule has 0 fully saturated rings. The number of hydrogen-bond donors (Lipinski definition) is 0. The largest absolute Gasteiger partial charge is 0.192 e. The maximum atomic E-state index is 9.60. The Morgan fingerprint density at radius 2 is 0.897 bits per heavy atom. The first-order valence-corrected chi connectivity index (χ1v) is 9.58. The fraction of sp³-hybridized carbons (Fsp3) is 0.0370. The van der Waals surface area contributed by atoms with Gasteiger partial charge in [-0.05, 0) is 68.8 Å². The number of benzene rings is 4. The topological polar surface area (TPSA) is 47.6 Å². The molecule has 4 aromatic rings. The number of rotatable bonds is 0. The minimum absolute atomic E-state index is 0.502. The van der Waals surface area contributed by atoms with Crippen LogP contribution in [0, 0.1) is 22.7 Å². The molecule has 2 nitrogen and oxygen atoms in total. The van der Waals surface area contributed by atoms with Crippen molar-refractivity contribution in [1.82, 2.24) is 0 Å². The van der Waals surface area contributed by atoms with Crippen LogP contribution in [0.4, 0.5) is 0 Å². The van der Waals surface area contributed by atoms with Gasteiger partial charge in [0.25, 0.3) is 0 Å². The first kappa shape index (κ1) is 15.9. The fourth-order valence-electron chi connectivity index (χ4n) is 5.28. The average molecular weight is 366 g/mol. The van der Waals surface area contributed by atoms with Gasteiger partial charge < -0.3 is 0 Å². The normalized spacial score (nSPS) is 13.7. The molecule has 2 aliphatic carbocycles. The highest BCUT2D eigenvalue weighted by atomic mass is 14.5. The average Bonchev–Trinajstić information content (AvgIpc) is 3.25. The van der Waals surface area contributed by atoms with E-state index in [9.17, 15) is 10.5 Å². The van der Waals surface area contributed by atoms with Gasteiger partial charge in [0.1, 0.15) is 0 Å². The third kappa shape index (κ3) is 1.79. The summed E-state index contributed by atoms with van der Waals surface area (Å²) in [6, 6.07) is 33.5. The second-order valence-electron chi connectivity index (χ2n) is 7.59. The molecule has 0 N–H and O–H groups in total. The summed E-state index contributed by atoms with van der Waals surface area (Å²) < 4.78 is 0. The van der Waals surface area contributed by atoms with E-state index in [4.69, 9.17) is 0 Å². The van der Waals surface area contributed by atoms with Crippen molar-refractivity contribution < 1.29 is 0 Å². The van der Waals surface area contributed by atoms with Crippen LogP contribution in [0.15, 0.2) is 84.9 Å². The number of nitrogens with zero attached hydrogens (tertiary/aromatic N) is 2. The number of nitriles is 2. The van der Waals surface area contributed by atoms with Crippen LogP contribution >= 0.6 is 0 Å². The Labute approximate surface area is 168 Å². The molecule has 0 aromatic heterocycles. The first-order chi connectivity index (χ1) is 14.3. The fourth-order valence-corrected chi connectivity index (χ4v) is 5.28. The minimum Gasteiger partial charge on any atom is -0.192 e. The summed E-state index contributed by atoms with van der Waals surface area (Å²) in [5, 5.41) is 19.2. The van der Waals surface area contributed by atoms with Gasteiger partial charge in [0.15, 0.2) is 0 Å². The van der Waals surface area contributed by atoms with Crippen molar-refractivity contribution in [3.05, 3.63) is 118 Å². The molecule has 29 heavy (non-hydrogen) atoms. The zero-order chi connectivity index (χ0) is 19.6. The van der Waals surface area contributed by atoms with Crippen molar-refractivity contribution in [3.63, 3.8) is 0 Å². The Morgan fingerprint density at radius 3 is 1.34 bits per heavy atom. The molecule has 0 amide bonds. The summed E-state index contributed by atoms with van der Waals surface area (Å²) in [5.41, 5.74) is 10.2. The lowest BCUT2D eigenvalue weighted by Gasteiger charge is -2.30. The Hall–Kier alpha value is -4.14. The highest BCUT2D eigenvalue weighted by Crippen LogP contribution is 2.62.